The molecule has 1 saturated carbocycles. The minimum atomic E-state index is -0.770. The molecular formula is C27H31FN2O3. The Morgan fingerprint density at radius 2 is 1.70 bits per heavy atom. The molecule has 2 N–H and O–H groups in total. The van der Waals surface area contributed by atoms with Crippen LogP contribution in [0.2, 0.25) is 0 Å². The van der Waals surface area contributed by atoms with Crippen LogP contribution in [-0.2, 0) is 16.8 Å². The molecule has 0 atom stereocenters. The number of halogens is 1. The average molecular weight is 451 g/mol. The standard InChI is InChI=1S/C27H31FN2O3/c1-27(2,3)19-8-4-17(5-9-19)16-30-15-14-21-23(28)13-12-22(24(21)30)25(31)29-20-10-6-18(7-11-20)26(32)33/h4-5,8-9,12-15,18,20H,6-7,10-11,16H2,1-3H3,(H,29,31)(H,32,33). The van der Waals surface area contributed by atoms with Crippen molar-refractivity contribution in [1.82, 2.24) is 9.88 Å². The molecular weight excluding hydrogens is 419 g/mol. The van der Waals surface area contributed by atoms with Crippen LogP contribution >= 0.6 is 0 Å². The second kappa shape index (κ2) is 9.00. The van der Waals surface area contributed by atoms with Crippen molar-refractivity contribution in [3.63, 3.8) is 0 Å². The van der Waals surface area contributed by atoms with E-state index in [0.29, 0.717) is 48.7 Å². The lowest BCUT2D eigenvalue weighted by molar-refractivity contribution is -0.142. The number of aliphatic carboxylic acids is 1. The van der Waals surface area contributed by atoms with Gasteiger partial charge in [-0.1, -0.05) is 45.0 Å². The van der Waals surface area contributed by atoms with E-state index in [1.807, 2.05) is 10.8 Å². The van der Waals surface area contributed by atoms with E-state index < -0.39 is 5.97 Å². The Hall–Kier alpha value is -3.15. The number of carboxylic acid groups (broad SMARTS) is 1. The van der Waals surface area contributed by atoms with Crippen LogP contribution in [0.4, 0.5) is 4.39 Å². The number of rotatable bonds is 5. The number of benzene rings is 2. The summed E-state index contributed by atoms with van der Waals surface area (Å²) in [6.45, 7) is 7.04. The van der Waals surface area contributed by atoms with Crippen molar-refractivity contribution < 1.29 is 19.1 Å². The molecule has 1 fully saturated rings. The van der Waals surface area contributed by atoms with Crippen LogP contribution in [0.3, 0.4) is 0 Å². The van der Waals surface area contributed by atoms with Crippen LogP contribution in [0.25, 0.3) is 10.9 Å². The van der Waals surface area contributed by atoms with Gasteiger partial charge in [0.1, 0.15) is 5.82 Å². The Labute approximate surface area is 193 Å². The largest absolute Gasteiger partial charge is 0.481 e. The molecule has 1 heterocycles. The van der Waals surface area contributed by atoms with Gasteiger partial charge < -0.3 is 15.0 Å². The van der Waals surface area contributed by atoms with Crippen molar-refractivity contribution >= 4 is 22.8 Å². The smallest absolute Gasteiger partial charge is 0.306 e. The number of nitrogens with one attached hydrogen (secondary N) is 1. The molecule has 0 aliphatic heterocycles. The Kier molecular flexibility index (Phi) is 6.28. The molecule has 1 aliphatic carbocycles. The Bertz CT molecular complexity index is 1170. The number of nitrogens with zero attached hydrogens (tertiary/aromatic N) is 1. The molecule has 5 nitrogen and oxygen atoms in total. The maximum absolute atomic E-state index is 14.5. The predicted molar refractivity (Wildman–Crippen MR) is 127 cm³/mol. The van der Waals surface area contributed by atoms with Gasteiger partial charge in [-0.2, -0.15) is 0 Å². The molecule has 1 aromatic heterocycles. The first-order valence-corrected chi connectivity index (χ1v) is 11.5. The summed E-state index contributed by atoms with van der Waals surface area (Å²) < 4.78 is 16.5. The zero-order valence-electron chi connectivity index (χ0n) is 19.4. The fourth-order valence-corrected chi connectivity index (χ4v) is 4.66. The van der Waals surface area contributed by atoms with Crippen molar-refractivity contribution in [2.45, 2.75) is 64.5 Å². The minimum absolute atomic E-state index is 0.0661. The van der Waals surface area contributed by atoms with Gasteiger partial charge in [-0.25, -0.2) is 4.39 Å². The highest BCUT2D eigenvalue weighted by molar-refractivity contribution is 6.06. The summed E-state index contributed by atoms with van der Waals surface area (Å²) in [5.74, 6) is -1.71. The minimum Gasteiger partial charge on any atom is -0.481 e. The molecule has 0 unspecified atom stereocenters. The molecule has 0 bridgehead atoms. The molecule has 0 radical (unpaired) electrons. The van der Waals surface area contributed by atoms with E-state index in [9.17, 15) is 19.1 Å². The monoisotopic (exact) mass is 450 g/mol. The Morgan fingerprint density at radius 1 is 1.03 bits per heavy atom. The molecule has 0 saturated heterocycles. The van der Waals surface area contributed by atoms with E-state index in [1.54, 1.807) is 6.07 Å². The van der Waals surface area contributed by atoms with E-state index in [2.05, 4.69) is 50.4 Å². The van der Waals surface area contributed by atoms with E-state index >= 15 is 0 Å². The van der Waals surface area contributed by atoms with E-state index in [-0.39, 0.29) is 29.1 Å². The van der Waals surface area contributed by atoms with Crippen LogP contribution in [0.1, 0.15) is 67.9 Å². The summed E-state index contributed by atoms with van der Waals surface area (Å²) in [6, 6.07) is 12.9. The number of aromatic nitrogens is 1. The molecule has 0 spiro atoms. The number of carbonyl (C=O) groups is 2. The topological polar surface area (TPSA) is 71.3 Å². The zero-order valence-corrected chi connectivity index (χ0v) is 19.4. The van der Waals surface area contributed by atoms with E-state index in [4.69, 9.17) is 0 Å². The third-order valence-electron chi connectivity index (χ3n) is 6.70. The third kappa shape index (κ3) is 4.95. The molecule has 4 rings (SSSR count). The van der Waals surface area contributed by atoms with Crippen LogP contribution in [0.5, 0.6) is 0 Å². The molecule has 1 aliphatic rings. The fraction of sp³-hybridized carbons (Fsp3) is 0.407. The van der Waals surface area contributed by atoms with Crippen molar-refractivity contribution in [3.05, 3.63) is 71.2 Å². The zero-order chi connectivity index (χ0) is 23.8. The maximum Gasteiger partial charge on any atom is 0.306 e. The summed E-state index contributed by atoms with van der Waals surface area (Å²) in [7, 11) is 0. The van der Waals surface area contributed by atoms with Gasteiger partial charge in [-0.05, 0) is 60.4 Å². The van der Waals surface area contributed by atoms with Gasteiger partial charge in [0.2, 0.25) is 0 Å². The number of amides is 1. The van der Waals surface area contributed by atoms with Crippen molar-refractivity contribution in [1.29, 1.82) is 0 Å². The molecule has 2 aromatic carbocycles. The van der Waals surface area contributed by atoms with Gasteiger partial charge in [0.15, 0.2) is 0 Å². The van der Waals surface area contributed by atoms with Crippen LogP contribution in [0, 0.1) is 11.7 Å². The highest BCUT2D eigenvalue weighted by Gasteiger charge is 2.27. The van der Waals surface area contributed by atoms with Crippen molar-refractivity contribution in [2.24, 2.45) is 5.92 Å². The first-order valence-electron chi connectivity index (χ1n) is 11.5. The number of carbonyl (C=O) groups excluding carboxylic acids is 1. The highest BCUT2D eigenvalue weighted by Crippen LogP contribution is 2.28. The van der Waals surface area contributed by atoms with E-state index in [0.717, 1.165) is 5.56 Å². The SMILES string of the molecule is CC(C)(C)c1ccc(Cn2ccc3c(F)ccc(C(=O)NC4CCC(C(=O)O)CC4)c32)cc1. The second-order valence-corrected chi connectivity index (χ2v) is 10.1. The summed E-state index contributed by atoms with van der Waals surface area (Å²) >= 11 is 0. The second-order valence-electron chi connectivity index (χ2n) is 10.1. The normalized spacial score (nSPS) is 18.9. The maximum atomic E-state index is 14.5. The van der Waals surface area contributed by atoms with Gasteiger partial charge >= 0.3 is 5.97 Å². The van der Waals surface area contributed by atoms with Gasteiger partial charge in [0.25, 0.3) is 5.91 Å². The molecule has 3 aromatic rings. The number of carboxylic acids is 1. The van der Waals surface area contributed by atoms with Gasteiger partial charge in [-0.15, -0.1) is 0 Å². The lowest BCUT2D eigenvalue weighted by atomic mass is 9.86. The van der Waals surface area contributed by atoms with Gasteiger partial charge in [0, 0.05) is 24.2 Å². The summed E-state index contributed by atoms with van der Waals surface area (Å²) in [5.41, 5.74) is 3.39. The number of hydrogen-bond donors (Lipinski definition) is 2. The van der Waals surface area contributed by atoms with Crippen LogP contribution < -0.4 is 5.32 Å². The average Bonchev–Trinajstić information content (AvgIpc) is 3.18. The van der Waals surface area contributed by atoms with Crippen LogP contribution in [0.15, 0.2) is 48.7 Å². The fourth-order valence-electron chi connectivity index (χ4n) is 4.66. The van der Waals surface area contributed by atoms with Crippen molar-refractivity contribution in [3.8, 4) is 0 Å². The molecule has 6 heteroatoms. The highest BCUT2D eigenvalue weighted by atomic mass is 19.1. The number of fused-ring (bicyclic) bond motifs is 1. The Morgan fingerprint density at radius 3 is 2.30 bits per heavy atom. The van der Waals surface area contributed by atoms with Gasteiger partial charge in [-0.3, -0.25) is 9.59 Å². The van der Waals surface area contributed by atoms with Crippen molar-refractivity contribution in [2.75, 3.05) is 0 Å². The van der Waals surface area contributed by atoms with Gasteiger partial charge in [0.05, 0.1) is 17.0 Å². The lowest BCUT2D eigenvalue weighted by Gasteiger charge is -2.27. The third-order valence-corrected chi connectivity index (χ3v) is 6.70. The Balaban J connectivity index is 1.57. The summed E-state index contributed by atoms with van der Waals surface area (Å²) in [6.07, 6.45) is 4.20. The predicted octanol–water partition coefficient (Wildman–Crippen LogP) is 5.50. The first kappa shape index (κ1) is 23.0. The summed E-state index contributed by atoms with van der Waals surface area (Å²) in [5, 5.41) is 12.6. The molecule has 1 amide bonds. The van der Waals surface area contributed by atoms with E-state index in [1.165, 1.54) is 17.7 Å². The lowest BCUT2D eigenvalue weighted by Crippen LogP contribution is -2.38. The number of hydrogen-bond acceptors (Lipinski definition) is 2. The first-order chi connectivity index (χ1) is 15.6. The molecule has 33 heavy (non-hydrogen) atoms. The quantitative estimate of drug-likeness (QED) is 0.539. The molecule has 174 valence electrons. The summed E-state index contributed by atoms with van der Waals surface area (Å²) in [4.78, 5) is 24.3. The van der Waals surface area contributed by atoms with Crippen LogP contribution in [-0.4, -0.2) is 27.6 Å².